The lowest BCUT2D eigenvalue weighted by atomic mass is 10.1. The van der Waals surface area contributed by atoms with Crippen LogP contribution in [-0.2, 0) is 15.9 Å². The van der Waals surface area contributed by atoms with E-state index in [9.17, 15) is 23.4 Å². The van der Waals surface area contributed by atoms with Crippen LogP contribution < -0.4 is 11.1 Å². The highest BCUT2D eigenvalue weighted by molar-refractivity contribution is 7.99. The molecule has 180 valence electrons. The third kappa shape index (κ3) is 6.78. The predicted octanol–water partition coefficient (Wildman–Crippen LogP) is 3.00. The van der Waals surface area contributed by atoms with Gasteiger partial charge in [0, 0.05) is 23.3 Å². The molecule has 0 aliphatic carbocycles. The van der Waals surface area contributed by atoms with E-state index in [-0.39, 0.29) is 17.8 Å². The molecule has 1 heterocycles. The molecular weight excluding hydrogens is 481 g/mol. The number of benzene rings is 2. The summed E-state index contributed by atoms with van der Waals surface area (Å²) in [5.41, 5.74) is 6.22. The zero-order chi connectivity index (χ0) is 24.0. The fraction of sp³-hybridized carbons (Fsp3) is 0.364. The first kappa shape index (κ1) is 25.7. The SMILES string of the molecule is N/C(=C\NC[C@@H]1OC(O)C(CO)OC1SCCc1ccccc1Cl)c1cc(F)c(F)c(F)c1. The van der Waals surface area contributed by atoms with Gasteiger partial charge in [0.25, 0.3) is 0 Å². The van der Waals surface area contributed by atoms with Crippen LogP contribution in [0.25, 0.3) is 5.70 Å². The summed E-state index contributed by atoms with van der Waals surface area (Å²) in [5, 5.41) is 23.0. The molecule has 1 fully saturated rings. The van der Waals surface area contributed by atoms with Crippen molar-refractivity contribution >= 4 is 29.1 Å². The van der Waals surface area contributed by atoms with Crippen molar-refractivity contribution in [2.24, 2.45) is 5.73 Å². The van der Waals surface area contributed by atoms with Crippen LogP contribution in [0.15, 0.2) is 42.6 Å². The lowest BCUT2D eigenvalue weighted by molar-refractivity contribution is -0.270. The summed E-state index contributed by atoms with van der Waals surface area (Å²) in [6.45, 7) is -0.288. The standard InChI is InChI=1S/C22H24ClF3N2O4S/c23-14-4-2-1-3-12(14)5-6-33-22-18(31-21(30)19(11-29)32-22)10-28-9-17(27)13-7-15(24)20(26)16(25)8-13/h1-4,7-9,18-19,21-22,28-30H,5-6,10-11,27H2/b17-9-/t18-,19?,21?,22?/m0/s1. The van der Waals surface area contributed by atoms with E-state index < -0.39 is 48.0 Å². The first-order chi connectivity index (χ1) is 15.8. The van der Waals surface area contributed by atoms with E-state index in [1.54, 1.807) is 0 Å². The van der Waals surface area contributed by atoms with Crippen molar-refractivity contribution < 1.29 is 32.9 Å². The molecule has 0 saturated carbocycles. The van der Waals surface area contributed by atoms with E-state index in [2.05, 4.69) is 5.32 Å². The summed E-state index contributed by atoms with van der Waals surface area (Å²) >= 11 is 7.62. The quantitative estimate of drug-likeness (QED) is 0.390. The minimum atomic E-state index is -1.57. The Morgan fingerprint density at radius 2 is 1.85 bits per heavy atom. The van der Waals surface area contributed by atoms with Crippen molar-refractivity contribution in [2.75, 3.05) is 18.9 Å². The van der Waals surface area contributed by atoms with Crippen LogP contribution >= 0.6 is 23.4 Å². The van der Waals surface area contributed by atoms with Crippen molar-refractivity contribution in [3.05, 3.63) is 76.2 Å². The van der Waals surface area contributed by atoms with Gasteiger partial charge in [-0.15, -0.1) is 11.8 Å². The minimum Gasteiger partial charge on any atom is -0.397 e. The molecule has 6 nitrogen and oxygen atoms in total. The summed E-state index contributed by atoms with van der Waals surface area (Å²) < 4.78 is 51.4. The molecule has 0 amide bonds. The Morgan fingerprint density at radius 3 is 2.52 bits per heavy atom. The monoisotopic (exact) mass is 504 g/mol. The molecule has 3 unspecified atom stereocenters. The lowest BCUT2D eigenvalue weighted by Crippen LogP contribution is -2.52. The Morgan fingerprint density at radius 1 is 1.15 bits per heavy atom. The number of hydrogen-bond acceptors (Lipinski definition) is 7. The summed E-state index contributed by atoms with van der Waals surface area (Å²) in [6.07, 6.45) is -0.894. The molecule has 0 aromatic heterocycles. The number of aliphatic hydroxyl groups is 2. The summed E-state index contributed by atoms with van der Waals surface area (Å²) in [4.78, 5) is 0. The largest absolute Gasteiger partial charge is 0.397 e. The zero-order valence-corrected chi connectivity index (χ0v) is 19.0. The predicted molar refractivity (Wildman–Crippen MR) is 121 cm³/mol. The highest BCUT2D eigenvalue weighted by atomic mass is 35.5. The fourth-order valence-corrected chi connectivity index (χ4v) is 4.56. The van der Waals surface area contributed by atoms with Crippen LogP contribution in [0.2, 0.25) is 5.02 Å². The second kappa shape index (κ2) is 12.0. The number of aliphatic hydroxyl groups excluding tert-OH is 2. The Bertz CT molecular complexity index is 961. The fourth-order valence-electron chi connectivity index (χ4n) is 3.16. The van der Waals surface area contributed by atoms with Crippen LogP contribution in [0.5, 0.6) is 0 Å². The molecule has 1 saturated heterocycles. The highest BCUT2D eigenvalue weighted by Crippen LogP contribution is 2.29. The average Bonchev–Trinajstić information content (AvgIpc) is 2.79. The normalized spacial score (nSPS) is 23.5. The van der Waals surface area contributed by atoms with Gasteiger partial charge in [0.2, 0.25) is 0 Å². The van der Waals surface area contributed by atoms with Gasteiger partial charge < -0.3 is 30.7 Å². The summed E-state index contributed by atoms with van der Waals surface area (Å²) in [7, 11) is 0. The number of hydrogen-bond donors (Lipinski definition) is 4. The summed E-state index contributed by atoms with van der Waals surface area (Å²) in [6, 6.07) is 9.05. The number of ether oxygens (including phenoxy) is 2. The van der Waals surface area contributed by atoms with Gasteiger partial charge in [0.05, 0.1) is 12.3 Å². The van der Waals surface area contributed by atoms with Crippen molar-refractivity contribution in [1.82, 2.24) is 5.32 Å². The maximum Gasteiger partial charge on any atom is 0.194 e. The molecule has 5 N–H and O–H groups in total. The second-order valence-corrected chi connectivity index (χ2v) is 8.88. The van der Waals surface area contributed by atoms with Crippen molar-refractivity contribution in [2.45, 2.75) is 30.4 Å². The van der Waals surface area contributed by atoms with Crippen LogP contribution in [0.3, 0.4) is 0 Å². The Hall–Kier alpha value is -1.95. The number of halogens is 4. The van der Waals surface area contributed by atoms with E-state index in [1.165, 1.54) is 18.0 Å². The number of nitrogens with one attached hydrogen (secondary N) is 1. The van der Waals surface area contributed by atoms with Crippen LogP contribution in [0, 0.1) is 17.5 Å². The van der Waals surface area contributed by atoms with Gasteiger partial charge in [-0.05, 0) is 35.9 Å². The third-order valence-corrected chi connectivity index (χ3v) is 6.48. The molecule has 2 aromatic rings. The first-order valence-electron chi connectivity index (χ1n) is 10.1. The summed E-state index contributed by atoms with van der Waals surface area (Å²) in [5.74, 6) is -3.64. The smallest absolute Gasteiger partial charge is 0.194 e. The zero-order valence-electron chi connectivity index (χ0n) is 17.4. The Kier molecular flexibility index (Phi) is 9.30. The molecule has 11 heteroatoms. The van der Waals surface area contributed by atoms with Gasteiger partial charge in [-0.25, -0.2) is 13.2 Å². The van der Waals surface area contributed by atoms with Crippen LogP contribution in [0.4, 0.5) is 13.2 Å². The molecule has 0 radical (unpaired) electrons. The van der Waals surface area contributed by atoms with E-state index >= 15 is 0 Å². The topological polar surface area (TPSA) is 97.0 Å². The van der Waals surface area contributed by atoms with E-state index in [4.69, 9.17) is 26.8 Å². The number of aryl methyl sites for hydroxylation is 1. The third-order valence-electron chi connectivity index (χ3n) is 4.93. The van der Waals surface area contributed by atoms with Crippen molar-refractivity contribution in [3.8, 4) is 0 Å². The Labute approximate surface area is 198 Å². The lowest BCUT2D eigenvalue weighted by Gasteiger charge is -2.38. The maximum atomic E-state index is 13.4. The molecule has 1 aliphatic heterocycles. The van der Waals surface area contributed by atoms with Gasteiger partial charge in [0.15, 0.2) is 23.7 Å². The molecule has 1 aliphatic rings. The molecular formula is C22H24ClF3N2O4S. The molecule has 2 aromatic carbocycles. The average molecular weight is 505 g/mol. The highest BCUT2D eigenvalue weighted by Gasteiger charge is 2.37. The molecule has 0 bridgehead atoms. The van der Waals surface area contributed by atoms with E-state index in [1.807, 2.05) is 24.3 Å². The van der Waals surface area contributed by atoms with Gasteiger partial charge in [-0.3, -0.25) is 0 Å². The second-order valence-electron chi connectivity index (χ2n) is 7.26. The van der Waals surface area contributed by atoms with Crippen LogP contribution in [-0.4, -0.2) is 53.1 Å². The number of thioether (sulfide) groups is 1. The van der Waals surface area contributed by atoms with Gasteiger partial charge >= 0.3 is 0 Å². The first-order valence-corrected chi connectivity index (χ1v) is 11.5. The maximum absolute atomic E-state index is 13.4. The van der Waals surface area contributed by atoms with Crippen LogP contribution in [0.1, 0.15) is 11.1 Å². The minimum absolute atomic E-state index is 0.0266. The van der Waals surface area contributed by atoms with Gasteiger partial charge in [-0.1, -0.05) is 29.8 Å². The molecule has 4 atom stereocenters. The van der Waals surface area contributed by atoms with Gasteiger partial charge in [0.1, 0.15) is 17.6 Å². The molecule has 33 heavy (non-hydrogen) atoms. The number of rotatable bonds is 9. The molecule has 0 spiro atoms. The van der Waals surface area contributed by atoms with Crippen molar-refractivity contribution in [1.29, 1.82) is 0 Å². The number of nitrogens with two attached hydrogens (primary N) is 1. The molecule has 3 rings (SSSR count). The Balaban J connectivity index is 1.61. The van der Waals surface area contributed by atoms with Gasteiger partial charge in [-0.2, -0.15) is 0 Å². The van der Waals surface area contributed by atoms with E-state index in [0.717, 1.165) is 17.7 Å². The van der Waals surface area contributed by atoms with E-state index in [0.29, 0.717) is 17.2 Å². The van der Waals surface area contributed by atoms with Crippen molar-refractivity contribution in [3.63, 3.8) is 0 Å².